The van der Waals surface area contributed by atoms with Crippen LogP contribution in [0.25, 0.3) is 11.4 Å². The summed E-state index contributed by atoms with van der Waals surface area (Å²) in [7, 11) is 0. The van der Waals surface area contributed by atoms with Gasteiger partial charge in [0.15, 0.2) is 5.69 Å². The van der Waals surface area contributed by atoms with Crippen LogP contribution < -0.4 is 0 Å². The monoisotopic (exact) mass is 230 g/mol. The number of carbonyl (C=O) groups excluding carboxylic acids is 1. The lowest BCUT2D eigenvalue weighted by molar-refractivity contribution is 0.0519. The van der Waals surface area contributed by atoms with Gasteiger partial charge in [-0.1, -0.05) is 0 Å². The van der Waals surface area contributed by atoms with Crippen LogP contribution in [0.4, 0.5) is 0 Å². The molecule has 0 radical (unpaired) electrons. The molecule has 2 aromatic heterocycles. The fraction of sp³-hybridized carbons (Fsp3) is 0.182. The highest BCUT2D eigenvalue weighted by atomic mass is 16.5. The Morgan fingerprint density at radius 1 is 1.24 bits per heavy atom. The Bertz CT molecular complexity index is 516. The Balaban J connectivity index is 2.32. The van der Waals surface area contributed by atoms with Gasteiger partial charge in [-0.2, -0.15) is 0 Å². The number of aromatic nitrogens is 4. The highest BCUT2D eigenvalue weighted by Gasteiger charge is 2.10. The number of hydrogen-bond donors (Lipinski definition) is 0. The molecule has 2 aromatic rings. The largest absolute Gasteiger partial charge is 0.461 e. The summed E-state index contributed by atoms with van der Waals surface area (Å²) < 4.78 is 4.85. The number of rotatable bonds is 3. The molecule has 0 aliphatic carbocycles. The number of esters is 1. The van der Waals surface area contributed by atoms with E-state index in [1.807, 2.05) is 0 Å². The van der Waals surface area contributed by atoms with Crippen molar-refractivity contribution in [3.05, 3.63) is 36.7 Å². The lowest BCUT2D eigenvalue weighted by atomic mass is 10.2. The lowest BCUT2D eigenvalue weighted by Gasteiger charge is -2.02. The predicted molar refractivity (Wildman–Crippen MR) is 59.0 cm³/mol. The summed E-state index contributed by atoms with van der Waals surface area (Å²) in [5.74, 6) is -0.472. The first-order valence-electron chi connectivity index (χ1n) is 5.07. The van der Waals surface area contributed by atoms with Crippen LogP contribution in [0.1, 0.15) is 17.4 Å². The fourth-order valence-electron chi connectivity index (χ4n) is 1.25. The third kappa shape index (κ3) is 2.60. The molecule has 6 heteroatoms. The third-order valence-electron chi connectivity index (χ3n) is 1.98. The van der Waals surface area contributed by atoms with Crippen molar-refractivity contribution in [3.8, 4) is 11.4 Å². The summed E-state index contributed by atoms with van der Waals surface area (Å²) in [6.07, 6.45) is 5.99. The average molecular weight is 230 g/mol. The molecule has 86 valence electrons. The predicted octanol–water partition coefficient (Wildman–Crippen LogP) is 1.11. The molecule has 0 N–H and O–H groups in total. The maximum Gasteiger partial charge on any atom is 0.357 e. The Morgan fingerprint density at radius 2 is 2.12 bits per heavy atom. The molecule has 0 saturated heterocycles. The van der Waals surface area contributed by atoms with E-state index in [-0.39, 0.29) is 5.69 Å². The zero-order chi connectivity index (χ0) is 12.1. The van der Waals surface area contributed by atoms with Crippen LogP contribution in [-0.2, 0) is 4.74 Å². The van der Waals surface area contributed by atoms with Crippen LogP contribution in [0.5, 0.6) is 0 Å². The van der Waals surface area contributed by atoms with Crippen molar-refractivity contribution >= 4 is 5.97 Å². The van der Waals surface area contributed by atoms with Crippen molar-refractivity contribution in [2.75, 3.05) is 6.61 Å². The first-order valence-corrected chi connectivity index (χ1v) is 5.07. The summed E-state index contributed by atoms with van der Waals surface area (Å²) in [4.78, 5) is 27.4. The van der Waals surface area contributed by atoms with Crippen LogP contribution in [-0.4, -0.2) is 32.5 Å². The van der Waals surface area contributed by atoms with Gasteiger partial charge >= 0.3 is 5.97 Å². The van der Waals surface area contributed by atoms with Gasteiger partial charge in [0.2, 0.25) is 0 Å². The van der Waals surface area contributed by atoms with Gasteiger partial charge in [-0.3, -0.25) is 9.97 Å². The van der Waals surface area contributed by atoms with Gasteiger partial charge in [0.05, 0.1) is 18.5 Å². The maximum atomic E-state index is 11.5. The van der Waals surface area contributed by atoms with Gasteiger partial charge < -0.3 is 4.74 Å². The number of carbonyl (C=O) groups is 1. The molecule has 0 saturated carbocycles. The molecular formula is C11H10N4O2. The second kappa shape index (κ2) is 5.11. The molecule has 2 heterocycles. The van der Waals surface area contributed by atoms with E-state index in [9.17, 15) is 4.79 Å². The Kier molecular flexibility index (Phi) is 3.34. The molecule has 17 heavy (non-hydrogen) atoms. The normalized spacial score (nSPS) is 9.94. The van der Waals surface area contributed by atoms with Crippen LogP contribution in [0.3, 0.4) is 0 Å². The van der Waals surface area contributed by atoms with Crippen molar-refractivity contribution in [2.24, 2.45) is 0 Å². The van der Waals surface area contributed by atoms with Gasteiger partial charge in [-0.05, 0) is 13.0 Å². The molecular weight excluding hydrogens is 220 g/mol. The second-order valence-electron chi connectivity index (χ2n) is 3.10. The van der Waals surface area contributed by atoms with Gasteiger partial charge in [0.25, 0.3) is 0 Å². The fourth-order valence-corrected chi connectivity index (χ4v) is 1.25. The smallest absolute Gasteiger partial charge is 0.357 e. The maximum absolute atomic E-state index is 11.5. The summed E-state index contributed by atoms with van der Waals surface area (Å²) in [5, 5.41) is 0. The van der Waals surface area contributed by atoms with Gasteiger partial charge in [0, 0.05) is 12.4 Å². The van der Waals surface area contributed by atoms with E-state index < -0.39 is 5.97 Å². The summed E-state index contributed by atoms with van der Waals surface area (Å²) in [5.41, 5.74) is 1.33. The van der Waals surface area contributed by atoms with E-state index in [0.29, 0.717) is 18.0 Å². The Hall–Kier alpha value is -2.37. The van der Waals surface area contributed by atoms with Crippen molar-refractivity contribution in [1.29, 1.82) is 0 Å². The van der Waals surface area contributed by atoms with Crippen molar-refractivity contribution in [1.82, 2.24) is 19.9 Å². The van der Waals surface area contributed by atoms with E-state index in [4.69, 9.17) is 4.74 Å². The molecule has 0 atom stereocenters. The quantitative estimate of drug-likeness (QED) is 0.735. The van der Waals surface area contributed by atoms with E-state index in [1.54, 1.807) is 25.5 Å². The minimum atomic E-state index is -0.472. The standard InChI is InChI=1S/C11H10N4O2/c1-2-17-11(16)9-5-8(14-7-15-9)10-6-12-3-4-13-10/h3-7H,2H2,1H3. The minimum absolute atomic E-state index is 0.211. The molecule has 0 aliphatic heterocycles. The number of hydrogen-bond acceptors (Lipinski definition) is 6. The molecule has 0 spiro atoms. The molecule has 6 nitrogen and oxygen atoms in total. The Labute approximate surface area is 97.7 Å². The molecule has 0 aromatic carbocycles. The lowest BCUT2D eigenvalue weighted by Crippen LogP contribution is -2.07. The van der Waals surface area contributed by atoms with Crippen LogP contribution in [0, 0.1) is 0 Å². The second-order valence-corrected chi connectivity index (χ2v) is 3.10. The highest BCUT2D eigenvalue weighted by Crippen LogP contribution is 2.12. The third-order valence-corrected chi connectivity index (χ3v) is 1.98. The summed E-state index contributed by atoms with van der Waals surface area (Å²) in [6.45, 7) is 2.05. The van der Waals surface area contributed by atoms with Crippen LogP contribution in [0.2, 0.25) is 0 Å². The van der Waals surface area contributed by atoms with Gasteiger partial charge in [-0.15, -0.1) is 0 Å². The van der Waals surface area contributed by atoms with E-state index in [1.165, 1.54) is 12.4 Å². The van der Waals surface area contributed by atoms with E-state index in [0.717, 1.165) is 0 Å². The molecule has 0 unspecified atom stereocenters. The SMILES string of the molecule is CCOC(=O)c1cc(-c2cnccn2)ncn1. The average Bonchev–Trinajstić information content (AvgIpc) is 2.40. The summed E-state index contributed by atoms with van der Waals surface area (Å²) >= 11 is 0. The van der Waals surface area contributed by atoms with Crippen LogP contribution in [0.15, 0.2) is 31.0 Å². The topological polar surface area (TPSA) is 77.9 Å². The van der Waals surface area contributed by atoms with Crippen molar-refractivity contribution in [3.63, 3.8) is 0 Å². The molecule has 0 bridgehead atoms. The minimum Gasteiger partial charge on any atom is -0.461 e. The summed E-state index contributed by atoms with van der Waals surface area (Å²) in [6, 6.07) is 1.53. The zero-order valence-corrected chi connectivity index (χ0v) is 9.20. The van der Waals surface area contributed by atoms with E-state index in [2.05, 4.69) is 19.9 Å². The van der Waals surface area contributed by atoms with Gasteiger partial charge in [-0.25, -0.2) is 14.8 Å². The Morgan fingerprint density at radius 3 is 2.82 bits per heavy atom. The molecule has 2 rings (SSSR count). The zero-order valence-electron chi connectivity index (χ0n) is 9.20. The van der Waals surface area contributed by atoms with Gasteiger partial charge in [0.1, 0.15) is 12.0 Å². The van der Waals surface area contributed by atoms with Crippen molar-refractivity contribution < 1.29 is 9.53 Å². The number of ether oxygens (including phenoxy) is 1. The molecule has 0 aliphatic rings. The highest BCUT2D eigenvalue weighted by molar-refractivity contribution is 5.88. The number of nitrogens with zero attached hydrogens (tertiary/aromatic N) is 4. The molecule has 0 fully saturated rings. The van der Waals surface area contributed by atoms with Crippen LogP contribution >= 0.6 is 0 Å². The van der Waals surface area contributed by atoms with Crippen molar-refractivity contribution in [2.45, 2.75) is 6.92 Å². The van der Waals surface area contributed by atoms with E-state index >= 15 is 0 Å². The molecule has 0 amide bonds. The first-order chi connectivity index (χ1) is 8.31. The first kappa shape index (κ1) is 11.1.